The van der Waals surface area contributed by atoms with Gasteiger partial charge >= 0.3 is 0 Å². The summed E-state index contributed by atoms with van der Waals surface area (Å²) in [6.45, 7) is 6.84. The number of hydrogen-bond donors (Lipinski definition) is 0. The van der Waals surface area contributed by atoms with Crippen molar-refractivity contribution in [1.29, 1.82) is 0 Å². The second kappa shape index (κ2) is 16.2. The lowest BCUT2D eigenvalue weighted by Crippen LogP contribution is -2.30. The predicted octanol–water partition coefficient (Wildman–Crippen LogP) is 17.8. The average molecular weight is 862 g/mol. The molecular formula is C65H51NO. The Morgan fingerprint density at radius 3 is 1.90 bits per heavy atom. The summed E-state index contributed by atoms with van der Waals surface area (Å²) in [5, 5.41) is 2.17. The molecule has 322 valence electrons. The molecule has 0 saturated carbocycles. The van der Waals surface area contributed by atoms with E-state index in [0.29, 0.717) is 0 Å². The maximum absolute atomic E-state index is 6.66. The first-order valence-electron chi connectivity index (χ1n) is 23.6. The Hall–Kier alpha value is -7.94. The van der Waals surface area contributed by atoms with Gasteiger partial charge in [-0.2, -0.15) is 0 Å². The first-order chi connectivity index (χ1) is 32.9. The fourth-order valence-corrected chi connectivity index (χ4v) is 11.0. The molecule has 0 aliphatic heterocycles. The highest BCUT2D eigenvalue weighted by molar-refractivity contribution is 6.14. The van der Waals surface area contributed by atoms with Crippen LogP contribution in [0.5, 0.6) is 0 Å². The minimum absolute atomic E-state index is 0.0284. The molecule has 2 aliphatic rings. The van der Waals surface area contributed by atoms with Crippen LogP contribution in [0, 0.1) is 0 Å². The highest BCUT2D eigenvalue weighted by Gasteiger charge is 2.47. The summed E-state index contributed by atoms with van der Waals surface area (Å²) >= 11 is 0. The van der Waals surface area contributed by atoms with Crippen molar-refractivity contribution in [2.45, 2.75) is 44.4 Å². The molecule has 12 rings (SSSR count). The molecule has 10 aromatic rings. The third kappa shape index (κ3) is 6.78. The number of anilines is 3. The fraction of sp³-hybridized carbons (Fsp3) is 0.108. The molecule has 0 radical (unpaired) electrons. The second-order valence-electron chi connectivity index (χ2n) is 19.1. The van der Waals surface area contributed by atoms with E-state index in [1.807, 2.05) is 0 Å². The van der Waals surface area contributed by atoms with Gasteiger partial charge in [-0.3, -0.25) is 0 Å². The molecule has 0 spiro atoms. The van der Waals surface area contributed by atoms with E-state index in [2.05, 4.69) is 256 Å². The summed E-state index contributed by atoms with van der Waals surface area (Å²) in [4.78, 5) is 2.52. The van der Waals surface area contributed by atoms with Gasteiger partial charge < -0.3 is 9.32 Å². The number of nitrogens with zero attached hydrogens (tertiary/aromatic N) is 1. The van der Waals surface area contributed by atoms with Gasteiger partial charge in [0.2, 0.25) is 0 Å². The molecule has 1 heterocycles. The Balaban J connectivity index is 1.17. The molecule has 0 saturated heterocycles. The lowest BCUT2D eigenvalue weighted by molar-refractivity contribution is 0.590. The van der Waals surface area contributed by atoms with Crippen LogP contribution < -0.4 is 4.90 Å². The minimum Gasteiger partial charge on any atom is -0.456 e. The van der Waals surface area contributed by atoms with Gasteiger partial charge in [0, 0.05) is 16.6 Å². The van der Waals surface area contributed by atoms with Gasteiger partial charge in [-0.25, -0.2) is 0 Å². The van der Waals surface area contributed by atoms with Crippen molar-refractivity contribution >= 4 is 44.6 Å². The van der Waals surface area contributed by atoms with E-state index in [0.717, 1.165) is 68.5 Å². The van der Waals surface area contributed by atoms with Crippen LogP contribution in [0.25, 0.3) is 60.9 Å². The molecule has 1 unspecified atom stereocenters. The standard InChI is InChI=1S/C65H51NO/c1-64(2,3)49-36-33-46(34-37-49)53-39-35-48(45-21-9-5-10-22-45)42-60(53)66(59-30-18-32-62-63(59)56-28-14-16-31-61(56)67-62)52-38-40-55-54-27-13-15-29-57(54)65(58(55)43-52,50-24-11-6-12-25-50)51-26-17-23-47(41-51)44-19-7-4-8-20-44/h4-16,18-22,24-43H,17,23H2,1-3H3. The highest BCUT2D eigenvalue weighted by Crippen LogP contribution is 2.59. The first-order valence-corrected chi connectivity index (χ1v) is 23.6. The highest BCUT2D eigenvalue weighted by atomic mass is 16.3. The Labute approximate surface area is 393 Å². The van der Waals surface area contributed by atoms with Crippen LogP contribution in [0.4, 0.5) is 17.1 Å². The number of fused-ring (bicyclic) bond motifs is 6. The van der Waals surface area contributed by atoms with E-state index in [1.165, 1.54) is 55.7 Å². The third-order valence-corrected chi connectivity index (χ3v) is 14.2. The summed E-state index contributed by atoms with van der Waals surface area (Å²) in [6.07, 6.45) is 6.98. The maximum atomic E-state index is 6.66. The van der Waals surface area contributed by atoms with Gasteiger partial charge in [0.1, 0.15) is 11.2 Å². The predicted molar refractivity (Wildman–Crippen MR) is 281 cm³/mol. The molecule has 2 nitrogen and oxygen atoms in total. The molecule has 0 bridgehead atoms. The van der Waals surface area contributed by atoms with Crippen LogP contribution in [0.3, 0.4) is 0 Å². The summed E-state index contributed by atoms with van der Waals surface area (Å²) in [5.74, 6) is 0. The number of allylic oxidation sites excluding steroid dienone is 4. The number of para-hydroxylation sites is 1. The second-order valence-corrected chi connectivity index (χ2v) is 19.1. The lowest BCUT2D eigenvalue weighted by atomic mass is 9.65. The van der Waals surface area contributed by atoms with Crippen molar-refractivity contribution in [2.75, 3.05) is 4.90 Å². The van der Waals surface area contributed by atoms with Crippen LogP contribution in [0.1, 0.15) is 61.4 Å². The molecular weight excluding hydrogens is 811 g/mol. The van der Waals surface area contributed by atoms with Crippen molar-refractivity contribution in [3.8, 4) is 33.4 Å². The third-order valence-electron chi connectivity index (χ3n) is 14.2. The maximum Gasteiger partial charge on any atom is 0.137 e. The van der Waals surface area contributed by atoms with Crippen LogP contribution >= 0.6 is 0 Å². The lowest BCUT2D eigenvalue weighted by Gasteiger charge is -2.37. The van der Waals surface area contributed by atoms with Crippen molar-refractivity contribution in [3.05, 3.63) is 264 Å². The summed E-state index contributed by atoms with van der Waals surface area (Å²) in [6, 6.07) is 80.5. The van der Waals surface area contributed by atoms with Gasteiger partial charge in [-0.15, -0.1) is 0 Å². The SMILES string of the molecule is CC(C)(C)c1ccc(-c2ccc(-c3ccccc3)cc2N(c2ccc3c(c2)C(C2=CCCC(c4ccccc4)=C2)(c2ccccc2)c2ccccc2-3)c2cccc3oc4ccccc4c23)cc1. The zero-order valence-corrected chi connectivity index (χ0v) is 38.2. The number of benzene rings is 9. The monoisotopic (exact) mass is 861 g/mol. The van der Waals surface area contributed by atoms with E-state index in [1.54, 1.807) is 0 Å². The molecule has 0 fully saturated rings. The molecule has 0 amide bonds. The summed E-state index contributed by atoms with van der Waals surface area (Å²) in [5.41, 5.74) is 20.7. The van der Waals surface area contributed by atoms with E-state index < -0.39 is 5.41 Å². The van der Waals surface area contributed by atoms with E-state index in [9.17, 15) is 0 Å². The largest absolute Gasteiger partial charge is 0.456 e. The molecule has 2 heteroatoms. The van der Waals surface area contributed by atoms with Gasteiger partial charge in [0.15, 0.2) is 0 Å². The molecule has 67 heavy (non-hydrogen) atoms. The summed E-state index contributed by atoms with van der Waals surface area (Å²) < 4.78 is 6.66. The van der Waals surface area contributed by atoms with Gasteiger partial charge in [-0.1, -0.05) is 215 Å². The minimum atomic E-state index is -0.582. The number of furan rings is 1. The summed E-state index contributed by atoms with van der Waals surface area (Å²) in [7, 11) is 0. The topological polar surface area (TPSA) is 16.4 Å². The van der Waals surface area contributed by atoms with E-state index in [4.69, 9.17) is 4.42 Å². The molecule has 2 aliphatic carbocycles. The van der Waals surface area contributed by atoms with E-state index in [-0.39, 0.29) is 5.41 Å². The number of hydrogen-bond acceptors (Lipinski definition) is 2. The van der Waals surface area contributed by atoms with Crippen LogP contribution in [-0.4, -0.2) is 0 Å². The number of rotatable bonds is 8. The van der Waals surface area contributed by atoms with Crippen molar-refractivity contribution in [1.82, 2.24) is 0 Å². The first kappa shape index (κ1) is 40.6. The average Bonchev–Trinajstić information content (AvgIpc) is 3.91. The quantitative estimate of drug-likeness (QED) is 0.151. The zero-order valence-electron chi connectivity index (χ0n) is 38.2. The smallest absolute Gasteiger partial charge is 0.137 e. The molecule has 9 aromatic carbocycles. The molecule has 1 aromatic heterocycles. The van der Waals surface area contributed by atoms with Crippen molar-refractivity contribution in [2.24, 2.45) is 0 Å². The Bertz CT molecular complexity index is 3530. The van der Waals surface area contributed by atoms with Crippen molar-refractivity contribution < 1.29 is 4.42 Å². The molecule has 1 atom stereocenters. The zero-order chi connectivity index (χ0) is 45.1. The molecule has 0 N–H and O–H groups in total. The van der Waals surface area contributed by atoms with Crippen LogP contribution in [0.15, 0.2) is 241 Å². The van der Waals surface area contributed by atoms with Gasteiger partial charge in [0.05, 0.1) is 22.2 Å². The fourth-order valence-electron chi connectivity index (χ4n) is 11.0. The van der Waals surface area contributed by atoms with Crippen molar-refractivity contribution in [3.63, 3.8) is 0 Å². The Morgan fingerprint density at radius 1 is 0.478 bits per heavy atom. The Morgan fingerprint density at radius 2 is 1.12 bits per heavy atom. The van der Waals surface area contributed by atoms with Gasteiger partial charge in [-0.05, 0) is 121 Å². The Kier molecular flexibility index (Phi) is 9.80. The van der Waals surface area contributed by atoms with Crippen LogP contribution in [-0.2, 0) is 10.8 Å². The van der Waals surface area contributed by atoms with Crippen LogP contribution in [0.2, 0.25) is 0 Å². The van der Waals surface area contributed by atoms with Gasteiger partial charge in [0.25, 0.3) is 0 Å². The van der Waals surface area contributed by atoms with E-state index >= 15 is 0 Å². The normalized spacial score (nSPS) is 15.5.